The molecule has 2 unspecified atom stereocenters. The number of Topliss-reactive ketones (excluding diaryl/α,β-unsaturated/α-hetero) is 1. The van der Waals surface area contributed by atoms with Gasteiger partial charge in [-0.25, -0.2) is 0 Å². The third-order valence-corrected chi connectivity index (χ3v) is 3.64. The largest absolute Gasteiger partial charge is 0.394 e. The van der Waals surface area contributed by atoms with Crippen molar-refractivity contribution in [2.45, 2.75) is 26.0 Å². The molecule has 0 saturated carbocycles. The first-order chi connectivity index (χ1) is 9.11. The van der Waals surface area contributed by atoms with Gasteiger partial charge in [0.25, 0.3) is 0 Å². The highest BCUT2D eigenvalue weighted by Gasteiger charge is 2.27. The van der Waals surface area contributed by atoms with Crippen LogP contribution < -0.4 is 0 Å². The van der Waals surface area contributed by atoms with Crippen LogP contribution >= 0.6 is 0 Å². The Bertz CT molecular complexity index is 430. The number of rotatable bonds is 4. The van der Waals surface area contributed by atoms with Crippen molar-refractivity contribution < 1.29 is 14.6 Å². The number of carbonyl (C=O) groups is 1. The first kappa shape index (κ1) is 14.2. The molecule has 1 saturated heterocycles. The third kappa shape index (κ3) is 3.41. The molecule has 1 aromatic rings. The number of hydrogen-bond acceptors (Lipinski definition) is 4. The number of aryl methyl sites for hydroxylation is 1. The number of aliphatic hydroxyl groups excluding tert-OH is 1. The van der Waals surface area contributed by atoms with Crippen LogP contribution in [-0.4, -0.2) is 54.2 Å². The number of aliphatic hydroxyl groups is 1. The summed E-state index contributed by atoms with van der Waals surface area (Å²) in [7, 11) is 0. The van der Waals surface area contributed by atoms with Gasteiger partial charge >= 0.3 is 0 Å². The summed E-state index contributed by atoms with van der Waals surface area (Å²) in [4.78, 5) is 14.5. The van der Waals surface area contributed by atoms with E-state index in [1.807, 2.05) is 38.1 Å². The normalized spacial score (nSPS) is 22.2. The van der Waals surface area contributed by atoms with Gasteiger partial charge in [-0.05, 0) is 13.8 Å². The first-order valence-electron chi connectivity index (χ1n) is 6.69. The number of benzene rings is 1. The van der Waals surface area contributed by atoms with Gasteiger partial charge in [-0.2, -0.15) is 0 Å². The summed E-state index contributed by atoms with van der Waals surface area (Å²) in [5, 5.41) is 9.14. The molecule has 4 heteroatoms. The lowest BCUT2D eigenvalue weighted by Gasteiger charge is -2.35. The fourth-order valence-electron chi connectivity index (χ4n) is 2.33. The van der Waals surface area contributed by atoms with Crippen molar-refractivity contribution in [1.29, 1.82) is 0 Å². The minimum atomic E-state index is -0.180. The van der Waals surface area contributed by atoms with Gasteiger partial charge in [0.1, 0.15) is 0 Å². The summed E-state index contributed by atoms with van der Waals surface area (Å²) < 4.78 is 5.41. The molecule has 1 N–H and O–H groups in total. The van der Waals surface area contributed by atoms with Gasteiger partial charge in [-0.15, -0.1) is 0 Å². The van der Waals surface area contributed by atoms with E-state index in [1.54, 1.807) is 0 Å². The van der Waals surface area contributed by atoms with E-state index in [9.17, 15) is 4.79 Å². The molecule has 1 heterocycles. The Kier molecular flexibility index (Phi) is 4.69. The topological polar surface area (TPSA) is 49.8 Å². The maximum Gasteiger partial charge on any atom is 0.179 e. The standard InChI is InChI=1S/C15H21NO3/c1-11-3-5-13(6-4-11)15(18)12(2)16-7-8-19-14(9-16)10-17/h3-6,12,14,17H,7-10H2,1-2H3. The van der Waals surface area contributed by atoms with Crippen LogP contribution in [0.2, 0.25) is 0 Å². The van der Waals surface area contributed by atoms with E-state index in [0.717, 1.165) is 17.7 Å². The van der Waals surface area contributed by atoms with E-state index in [4.69, 9.17) is 9.84 Å². The predicted molar refractivity (Wildman–Crippen MR) is 73.4 cm³/mol. The van der Waals surface area contributed by atoms with Gasteiger partial charge in [-0.1, -0.05) is 29.8 Å². The predicted octanol–water partition coefficient (Wildman–Crippen LogP) is 1.26. The molecule has 19 heavy (non-hydrogen) atoms. The van der Waals surface area contributed by atoms with Crippen molar-refractivity contribution in [1.82, 2.24) is 4.90 Å². The Morgan fingerprint density at radius 1 is 1.47 bits per heavy atom. The van der Waals surface area contributed by atoms with Gasteiger partial charge < -0.3 is 9.84 Å². The maximum atomic E-state index is 12.4. The molecule has 1 aliphatic heterocycles. The number of nitrogens with zero attached hydrogens (tertiary/aromatic N) is 1. The third-order valence-electron chi connectivity index (χ3n) is 3.64. The fraction of sp³-hybridized carbons (Fsp3) is 0.533. The number of morpholine rings is 1. The lowest BCUT2D eigenvalue weighted by atomic mass is 10.0. The number of hydrogen-bond donors (Lipinski definition) is 1. The van der Waals surface area contributed by atoms with Crippen LogP contribution in [0.25, 0.3) is 0 Å². The molecule has 2 atom stereocenters. The molecule has 0 aliphatic carbocycles. The average molecular weight is 263 g/mol. The Hall–Kier alpha value is -1.23. The van der Waals surface area contributed by atoms with Crippen LogP contribution in [-0.2, 0) is 4.74 Å². The smallest absolute Gasteiger partial charge is 0.179 e. The molecule has 0 amide bonds. The van der Waals surface area contributed by atoms with Gasteiger partial charge in [0.2, 0.25) is 0 Å². The number of carbonyl (C=O) groups excluding carboxylic acids is 1. The molecule has 1 aliphatic rings. The summed E-state index contributed by atoms with van der Waals surface area (Å²) in [5.41, 5.74) is 1.89. The van der Waals surface area contributed by atoms with Crippen molar-refractivity contribution in [3.8, 4) is 0 Å². The van der Waals surface area contributed by atoms with E-state index >= 15 is 0 Å². The van der Waals surface area contributed by atoms with Crippen LogP contribution in [0.15, 0.2) is 24.3 Å². The summed E-state index contributed by atoms with van der Waals surface area (Å²) in [6.07, 6.45) is -0.179. The zero-order valence-corrected chi connectivity index (χ0v) is 11.5. The summed E-state index contributed by atoms with van der Waals surface area (Å²) in [5.74, 6) is 0.124. The quantitative estimate of drug-likeness (QED) is 0.831. The minimum Gasteiger partial charge on any atom is -0.394 e. The van der Waals surface area contributed by atoms with E-state index in [2.05, 4.69) is 4.90 Å². The lowest BCUT2D eigenvalue weighted by molar-refractivity contribution is -0.0592. The molecular formula is C15H21NO3. The second-order valence-corrected chi connectivity index (χ2v) is 5.08. The Balaban J connectivity index is 2.04. The van der Waals surface area contributed by atoms with Crippen LogP contribution in [0.1, 0.15) is 22.8 Å². The molecule has 0 spiro atoms. The molecule has 2 rings (SSSR count). The monoisotopic (exact) mass is 263 g/mol. The Morgan fingerprint density at radius 3 is 2.79 bits per heavy atom. The van der Waals surface area contributed by atoms with Gasteiger partial charge in [0.05, 0.1) is 25.4 Å². The van der Waals surface area contributed by atoms with Crippen molar-refractivity contribution in [2.24, 2.45) is 0 Å². The highest BCUT2D eigenvalue weighted by Crippen LogP contribution is 2.14. The van der Waals surface area contributed by atoms with Gasteiger partial charge in [-0.3, -0.25) is 9.69 Å². The number of ether oxygens (including phenoxy) is 1. The van der Waals surface area contributed by atoms with Crippen LogP contribution in [0.3, 0.4) is 0 Å². The van der Waals surface area contributed by atoms with Crippen molar-refractivity contribution in [3.63, 3.8) is 0 Å². The zero-order chi connectivity index (χ0) is 13.8. The van der Waals surface area contributed by atoms with Crippen molar-refractivity contribution in [3.05, 3.63) is 35.4 Å². The van der Waals surface area contributed by atoms with Crippen molar-refractivity contribution >= 4 is 5.78 Å². The SMILES string of the molecule is Cc1ccc(C(=O)C(C)N2CCOC(CO)C2)cc1. The van der Waals surface area contributed by atoms with E-state index in [1.165, 1.54) is 0 Å². The van der Waals surface area contributed by atoms with Crippen LogP contribution in [0.5, 0.6) is 0 Å². The van der Waals surface area contributed by atoms with E-state index < -0.39 is 0 Å². The maximum absolute atomic E-state index is 12.4. The second kappa shape index (κ2) is 6.28. The zero-order valence-electron chi connectivity index (χ0n) is 11.5. The van der Waals surface area contributed by atoms with Gasteiger partial charge in [0.15, 0.2) is 5.78 Å². The number of ketones is 1. The summed E-state index contributed by atoms with van der Waals surface area (Å²) in [6, 6.07) is 7.47. The van der Waals surface area contributed by atoms with Gasteiger partial charge in [0, 0.05) is 18.7 Å². The molecule has 0 aromatic heterocycles. The highest BCUT2D eigenvalue weighted by molar-refractivity contribution is 5.99. The molecule has 1 fully saturated rings. The van der Waals surface area contributed by atoms with Crippen LogP contribution in [0, 0.1) is 6.92 Å². The molecule has 0 radical (unpaired) electrons. The highest BCUT2D eigenvalue weighted by atomic mass is 16.5. The van der Waals surface area contributed by atoms with E-state index in [0.29, 0.717) is 13.2 Å². The van der Waals surface area contributed by atoms with Crippen molar-refractivity contribution in [2.75, 3.05) is 26.3 Å². The Labute approximate surface area is 114 Å². The fourth-order valence-corrected chi connectivity index (χ4v) is 2.33. The van der Waals surface area contributed by atoms with Crippen LogP contribution in [0.4, 0.5) is 0 Å². The average Bonchev–Trinajstić information content (AvgIpc) is 2.46. The first-order valence-corrected chi connectivity index (χ1v) is 6.69. The minimum absolute atomic E-state index is 0.00193. The molecule has 4 nitrogen and oxygen atoms in total. The second-order valence-electron chi connectivity index (χ2n) is 5.08. The van der Waals surface area contributed by atoms with E-state index in [-0.39, 0.29) is 24.5 Å². The molecule has 0 bridgehead atoms. The summed E-state index contributed by atoms with van der Waals surface area (Å²) in [6.45, 7) is 5.83. The molecule has 104 valence electrons. The molecular weight excluding hydrogens is 242 g/mol. The molecule has 1 aromatic carbocycles. The Morgan fingerprint density at radius 2 is 2.16 bits per heavy atom. The summed E-state index contributed by atoms with van der Waals surface area (Å²) >= 11 is 0. The lowest BCUT2D eigenvalue weighted by Crippen LogP contribution is -2.50.